The Morgan fingerprint density at radius 3 is 2.38 bits per heavy atom. The molecule has 0 aliphatic heterocycles. The number of likely N-dealkylation sites (N-methyl/N-ethyl adjacent to an activating group) is 1. The molecule has 1 aromatic carbocycles. The van der Waals surface area contributed by atoms with Crippen molar-refractivity contribution in [3.8, 4) is 0 Å². The quantitative estimate of drug-likeness (QED) is 0.809. The Balaban J connectivity index is 1.88. The standard InChI is InChI=1S/C19H22N2O3/c1-21(12-9-15-7-10-20-11-8-15)18(22)14-17(19(23)24)13-16-5-3-2-4-6-16/h2-8,10-11,17H,9,12-14H2,1H3,(H,23,24)/t17-/m1/s1. The van der Waals surface area contributed by atoms with Gasteiger partial charge < -0.3 is 10.0 Å². The molecule has 0 saturated carbocycles. The molecule has 0 saturated heterocycles. The zero-order valence-corrected chi connectivity index (χ0v) is 13.8. The maximum absolute atomic E-state index is 12.3. The molecule has 24 heavy (non-hydrogen) atoms. The number of hydrogen-bond donors (Lipinski definition) is 1. The highest BCUT2D eigenvalue weighted by Crippen LogP contribution is 2.14. The third-order valence-electron chi connectivity index (χ3n) is 4.01. The number of pyridine rings is 1. The van der Waals surface area contributed by atoms with Crippen molar-refractivity contribution >= 4 is 11.9 Å². The highest BCUT2D eigenvalue weighted by Gasteiger charge is 2.23. The van der Waals surface area contributed by atoms with Gasteiger partial charge in [0, 0.05) is 32.4 Å². The Labute approximate surface area is 142 Å². The van der Waals surface area contributed by atoms with Crippen molar-refractivity contribution in [1.29, 1.82) is 0 Å². The molecule has 126 valence electrons. The van der Waals surface area contributed by atoms with Crippen LogP contribution in [0.15, 0.2) is 54.9 Å². The molecule has 1 aromatic heterocycles. The number of carboxylic acids is 1. The highest BCUT2D eigenvalue weighted by atomic mass is 16.4. The summed E-state index contributed by atoms with van der Waals surface area (Å²) >= 11 is 0. The molecule has 0 bridgehead atoms. The van der Waals surface area contributed by atoms with Crippen molar-refractivity contribution in [2.75, 3.05) is 13.6 Å². The van der Waals surface area contributed by atoms with Crippen LogP contribution in [0.4, 0.5) is 0 Å². The van der Waals surface area contributed by atoms with Gasteiger partial charge in [-0.25, -0.2) is 0 Å². The summed E-state index contributed by atoms with van der Waals surface area (Å²) in [5, 5.41) is 9.40. The fraction of sp³-hybridized carbons (Fsp3) is 0.316. The first kappa shape index (κ1) is 17.7. The molecule has 0 radical (unpaired) electrons. The van der Waals surface area contributed by atoms with Crippen molar-refractivity contribution < 1.29 is 14.7 Å². The fourth-order valence-electron chi connectivity index (χ4n) is 2.48. The predicted molar refractivity (Wildman–Crippen MR) is 91.5 cm³/mol. The van der Waals surface area contributed by atoms with E-state index in [0.717, 1.165) is 17.5 Å². The summed E-state index contributed by atoms with van der Waals surface area (Å²) in [5.74, 6) is -1.79. The van der Waals surface area contributed by atoms with Gasteiger partial charge in [-0.05, 0) is 36.1 Å². The number of rotatable bonds is 8. The number of aromatic nitrogens is 1. The van der Waals surface area contributed by atoms with Crippen LogP contribution in [0.25, 0.3) is 0 Å². The van der Waals surface area contributed by atoms with Gasteiger partial charge in [-0.15, -0.1) is 0 Å². The van der Waals surface area contributed by atoms with Crippen molar-refractivity contribution in [3.05, 3.63) is 66.0 Å². The Bertz CT molecular complexity index is 659. The van der Waals surface area contributed by atoms with Gasteiger partial charge in [0.2, 0.25) is 5.91 Å². The van der Waals surface area contributed by atoms with E-state index in [0.29, 0.717) is 13.0 Å². The van der Waals surface area contributed by atoms with E-state index in [-0.39, 0.29) is 12.3 Å². The summed E-state index contributed by atoms with van der Waals surface area (Å²) in [6.45, 7) is 0.556. The molecule has 0 spiro atoms. The summed E-state index contributed by atoms with van der Waals surface area (Å²) in [5.41, 5.74) is 2.03. The van der Waals surface area contributed by atoms with Crippen LogP contribution in [0.2, 0.25) is 0 Å². The second kappa shape index (κ2) is 8.82. The number of carbonyl (C=O) groups excluding carboxylic acids is 1. The number of hydrogen-bond acceptors (Lipinski definition) is 3. The van der Waals surface area contributed by atoms with Gasteiger partial charge in [-0.3, -0.25) is 14.6 Å². The molecule has 2 aromatic rings. The van der Waals surface area contributed by atoms with Gasteiger partial charge in [0.05, 0.1) is 5.92 Å². The number of carboxylic acid groups (broad SMARTS) is 1. The zero-order chi connectivity index (χ0) is 17.4. The van der Waals surface area contributed by atoms with Gasteiger partial charge >= 0.3 is 5.97 Å². The maximum Gasteiger partial charge on any atom is 0.307 e. The Hall–Kier alpha value is -2.69. The number of nitrogens with zero attached hydrogens (tertiary/aromatic N) is 2. The molecule has 0 aliphatic carbocycles. The normalized spacial score (nSPS) is 11.7. The highest BCUT2D eigenvalue weighted by molar-refractivity contribution is 5.82. The fourth-order valence-corrected chi connectivity index (χ4v) is 2.48. The first-order chi connectivity index (χ1) is 11.6. The molecule has 0 unspecified atom stereocenters. The topological polar surface area (TPSA) is 70.5 Å². The Kier molecular flexibility index (Phi) is 6.49. The molecule has 2 rings (SSSR count). The van der Waals surface area contributed by atoms with Crippen molar-refractivity contribution in [2.24, 2.45) is 5.92 Å². The van der Waals surface area contributed by atoms with E-state index >= 15 is 0 Å². The average molecular weight is 326 g/mol. The van der Waals surface area contributed by atoms with E-state index in [9.17, 15) is 14.7 Å². The number of aliphatic carboxylic acids is 1. The van der Waals surface area contributed by atoms with E-state index in [1.165, 1.54) is 0 Å². The van der Waals surface area contributed by atoms with Crippen LogP contribution in [0, 0.1) is 5.92 Å². The molecule has 5 nitrogen and oxygen atoms in total. The minimum atomic E-state index is -0.935. The van der Waals surface area contributed by atoms with E-state index in [1.54, 1.807) is 24.3 Å². The van der Waals surface area contributed by atoms with Gasteiger partial charge in [-0.1, -0.05) is 30.3 Å². The number of benzene rings is 1. The van der Waals surface area contributed by atoms with Crippen LogP contribution >= 0.6 is 0 Å². The first-order valence-corrected chi connectivity index (χ1v) is 7.96. The smallest absolute Gasteiger partial charge is 0.307 e. The zero-order valence-electron chi connectivity index (χ0n) is 13.8. The van der Waals surface area contributed by atoms with Crippen LogP contribution in [0.1, 0.15) is 17.5 Å². The van der Waals surface area contributed by atoms with E-state index in [4.69, 9.17) is 0 Å². The molecule has 5 heteroatoms. The Morgan fingerprint density at radius 2 is 1.75 bits per heavy atom. The lowest BCUT2D eigenvalue weighted by atomic mass is 9.95. The SMILES string of the molecule is CN(CCc1ccncc1)C(=O)C[C@@H](Cc1ccccc1)C(=O)O. The van der Waals surface area contributed by atoms with Crippen LogP contribution in [-0.4, -0.2) is 40.5 Å². The molecule has 1 amide bonds. The molecule has 1 N–H and O–H groups in total. The maximum atomic E-state index is 12.3. The third kappa shape index (κ3) is 5.50. The molecule has 0 aliphatic rings. The lowest BCUT2D eigenvalue weighted by molar-refractivity contribution is -0.145. The largest absolute Gasteiger partial charge is 0.481 e. The first-order valence-electron chi connectivity index (χ1n) is 7.96. The predicted octanol–water partition coefficient (Wildman–Crippen LogP) is 2.42. The van der Waals surface area contributed by atoms with Crippen molar-refractivity contribution in [1.82, 2.24) is 9.88 Å². The van der Waals surface area contributed by atoms with Crippen molar-refractivity contribution in [2.45, 2.75) is 19.3 Å². The van der Waals surface area contributed by atoms with Gasteiger partial charge in [-0.2, -0.15) is 0 Å². The lowest BCUT2D eigenvalue weighted by Crippen LogP contribution is -2.32. The monoisotopic (exact) mass is 326 g/mol. The third-order valence-corrected chi connectivity index (χ3v) is 4.01. The molecule has 0 fully saturated rings. The minimum absolute atomic E-state index is 0.0110. The van der Waals surface area contributed by atoms with Crippen molar-refractivity contribution in [3.63, 3.8) is 0 Å². The summed E-state index contributed by atoms with van der Waals surface area (Å²) in [6.07, 6.45) is 4.54. The second-order valence-electron chi connectivity index (χ2n) is 5.85. The summed E-state index contributed by atoms with van der Waals surface area (Å²) in [7, 11) is 1.71. The van der Waals surface area contributed by atoms with Crippen LogP contribution in [0.5, 0.6) is 0 Å². The number of amides is 1. The van der Waals surface area contributed by atoms with Crippen LogP contribution in [-0.2, 0) is 22.4 Å². The summed E-state index contributed by atoms with van der Waals surface area (Å²) < 4.78 is 0. The Morgan fingerprint density at radius 1 is 1.08 bits per heavy atom. The average Bonchev–Trinajstić information content (AvgIpc) is 2.60. The van der Waals surface area contributed by atoms with E-state index in [1.807, 2.05) is 42.5 Å². The van der Waals surface area contributed by atoms with E-state index in [2.05, 4.69) is 4.98 Å². The summed E-state index contributed by atoms with van der Waals surface area (Å²) in [6, 6.07) is 13.2. The van der Waals surface area contributed by atoms with Gasteiger partial charge in [0.1, 0.15) is 0 Å². The van der Waals surface area contributed by atoms with Crippen LogP contribution < -0.4 is 0 Å². The minimum Gasteiger partial charge on any atom is -0.481 e. The number of carbonyl (C=O) groups is 2. The van der Waals surface area contributed by atoms with Gasteiger partial charge in [0.25, 0.3) is 0 Å². The molecule has 1 heterocycles. The molecule has 1 atom stereocenters. The lowest BCUT2D eigenvalue weighted by Gasteiger charge is -2.20. The van der Waals surface area contributed by atoms with Crippen LogP contribution in [0.3, 0.4) is 0 Å². The molecular formula is C19H22N2O3. The van der Waals surface area contributed by atoms with Gasteiger partial charge in [0.15, 0.2) is 0 Å². The second-order valence-corrected chi connectivity index (χ2v) is 5.85. The molecular weight excluding hydrogens is 304 g/mol. The van der Waals surface area contributed by atoms with E-state index < -0.39 is 11.9 Å². The summed E-state index contributed by atoms with van der Waals surface area (Å²) in [4.78, 5) is 29.3.